The molecule has 0 bridgehead atoms. The fourth-order valence-corrected chi connectivity index (χ4v) is 9.93. The summed E-state index contributed by atoms with van der Waals surface area (Å²) in [5.41, 5.74) is 10.4. The van der Waals surface area contributed by atoms with E-state index in [1.807, 2.05) is 153 Å². The van der Waals surface area contributed by atoms with Gasteiger partial charge in [-0.25, -0.2) is 9.59 Å². The highest BCUT2D eigenvalue weighted by molar-refractivity contribution is 6.31. The van der Waals surface area contributed by atoms with Crippen molar-refractivity contribution in [2.75, 3.05) is 26.3 Å². The summed E-state index contributed by atoms with van der Waals surface area (Å²) >= 11 is 6.85. The van der Waals surface area contributed by atoms with Crippen LogP contribution in [0.2, 0.25) is 5.02 Å². The maximum Gasteiger partial charge on any atom is 0.407 e. The van der Waals surface area contributed by atoms with Crippen LogP contribution in [0.5, 0.6) is 0 Å². The zero-order chi connectivity index (χ0) is 47.7. The van der Waals surface area contributed by atoms with E-state index in [0.29, 0.717) is 21.7 Å². The van der Waals surface area contributed by atoms with Crippen LogP contribution in [0.3, 0.4) is 0 Å². The second-order valence-corrected chi connectivity index (χ2v) is 17.8. The highest BCUT2D eigenvalue weighted by Crippen LogP contribution is 2.47. The van der Waals surface area contributed by atoms with Crippen molar-refractivity contribution in [3.63, 3.8) is 0 Å². The number of ether oxygens (including phenoxy) is 3. The minimum Gasteiger partial charge on any atom is -0.449 e. The number of halogens is 1. The van der Waals surface area contributed by atoms with Gasteiger partial charge in [-0.05, 0) is 63.9 Å². The van der Waals surface area contributed by atoms with E-state index in [1.165, 1.54) is 0 Å². The molecular weight excluding hydrogens is 886 g/mol. The normalized spacial score (nSPS) is 13.7. The average molecular weight is 939 g/mol. The maximum absolute atomic E-state index is 13.9. The summed E-state index contributed by atoms with van der Waals surface area (Å²) in [6.07, 6.45) is -1.38. The number of nitrogens with one attached hydrogen (secondary N) is 3. The van der Waals surface area contributed by atoms with E-state index in [2.05, 4.69) is 40.2 Å². The summed E-state index contributed by atoms with van der Waals surface area (Å²) in [6, 6.07) is 56.1. The molecule has 11 heteroatoms. The maximum atomic E-state index is 13.9. The molecule has 0 aromatic heterocycles. The zero-order valence-corrected chi connectivity index (χ0v) is 38.9. The molecular formula is C58H52ClN3O7. The molecule has 7 aromatic carbocycles. The average Bonchev–Trinajstić information content (AvgIpc) is 3.88. The van der Waals surface area contributed by atoms with E-state index < -0.39 is 29.8 Å². The van der Waals surface area contributed by atoms with E-state index >= 15 is 0 Å². The van der Waals surface area contributed by atoms with Crippen LogP contribution in [0.15, 0.2) is 176 Å². The van der Waals surface area contributed by atoms with E-state index in [1.54, 1.807) is 6.07 Å². The van der Waals surface area contributed by atoms with Crippen LogP contribution in [0, 0.1) is 6.92 Å². The van der Waals surface area contributed by atoms with Gasteiger partial charge in [0, 0.05) is 53.1 Å². The van der Waals surface area contributed by atoms with Crippen molar-refractivity contribution in [2.24, 2.45) is 0 Å². The predicted molar refractivity (Wildman–Crippen MR) is 267 cm³/mol. The molecule has 0 saturated carbocycles. The third-order valence-electron chi connectivity index (χ3n) is 13.0. The van der Waals surface area contributed by atoms with Gasteiger partial charge in [-0.15, -0.1) is 0 Å². The molecule has 348 valence electrons. The zero-order valence-electron chi connectivity index (χ0n) is 38.2. The number of benzene rings is 7. The number of carbonyl (C=O) groups excluding carboxylic acids is 4. The highest BCUT2D eigenvalue weighted by atomic mass is 35.5. The van der Waals surface area contributed by atoms with Crippen LogP contribution in [-0.2, 0) is 29.4 Å². The van der Waals surface area contributed by atoms with Gasteiger partial charge >= 0.3 is 18.2 Å². The molecule has 0 radical (unpaired) electrons. The van der Waals surface area contributed by atoms with Crippen LogP contribution in [0.25, 0.3) is 22.3 Å². The summed E-state index contributed by atoms with van der Waals surface area (Å²) in [5, 5.41) is 8.95. The van der Waals surface area contributed by atoms with E-state index in [4.69, 9.17) is 25.8 Å². The molecule has 10 nitrogen and oxygen atoms in total. The fraction of sp³-hybridized carbons (Fsp3) is 0.207. The van der Waals surface area contributed by atoms with Crippen molar-refractivity contribution in [3.8, 4) is 22.3 Å². The molecule has 0 fully saturated rings. The molecule has 9 rings (SSSR count). The molecule has 0 aliphatic heterocycles. The molecule has 2 aliphatic carbocycles. The topological polar surface area (TPSA) is 132 Å². The number of hydrogen-bond acceptors (Lipinski definition) is 7. The summed E-state index contributed by atoms with van der Waals surface area (Å²) in [5.74, 6) is -1.20. The molecule has 2 unspecified atom stereocenters. The molecule has 7 aromatic rings. The lowest BCUT2D eigenvalue weighted by atomic mass is 9.79. The lowest BCUT2D eigenvalue weighted by molar-refractivity contribution is -0.153. The number of alkyl carbamates (subject to hydrolysis) is 2. The molecule has 69 heavy (non-hydrogen) atoms. The Kier molecular flexibility index (Phi) is 14.2. The van der Waals surface area contributed by atoms with Crippen molar-refractivity contribution >= 4 is 35.7 Å². The van der Waals surface area contributed by atoms with Crippen molar-refractivity contribution in [2.45, 2.75) is 49.7 Å². The molecule has 3 amide bonds. The van der Waals surface area contributed by atoms with Crippen molar-refractivity contribution in [1.82, 2.24) is 16.0 Å². The van der Waals surface area contributed by atoms with Gasteiger partial charge in [-0.1, -0.05) is 187 Å². The smallest absolute Gasteiger partial charge is 0.407 e. The summed E-state index contributed by atoms with van der Waals surface area (Å²) in [4.78, 5) is 54.1. The summed E-state index contributed by atoms with van der Waals surface area (Å²) in [7, 11) is 0. The van der Waals surface area contributed by atoms with Gasteiger partial charge in [0.05, 0.1) is 12.5 Å². The first kappa shape index (κ1) is 46.4. The predicted octanol–water partition coefficient (Wildman–Crippen LogP) is 11.2. The van der Waals surface area contributed by atoms with Crippen LogP contribution in [-0.4, -0.2) is 56.4 Å². The molecule has 2 aliphatic rings. The second-order valence-electron chi connectivity index (χ2n) is 17.4. The van der Waals surface area contributed by atoms with Crippen LogP contribution >= 0.6 is 11.6 Å². The van der Waals surface area contributed by atoms with E-state index in [0.717, 1.165) is 50.1 Å². The Hall–Kier alpha value is -7.69. The third-order valence-corrected chi connectivity index (χ3v) is 13.4. The number of fused-ring (bicyclic) bond motifs is 6. The monoisotopic (exact) mass is 937 g/mol. The molecule has 0 spiro atoms. The van der Waals surface area contributed by atoms with Gasteiger partial charge in [0.1, 0.15) is 13.2 Å². The first-order chi connectivity index (χ1) is 33.7. The van der Waals surface area contributed by atoms with E-state index in [-0.39, 0.29) is 63.3 Å². The van der Waals surface area contributed by atoms with Crippen LogP contribution in [0.4, 0.5) is 9.59 Å². The number of esters is 1. The molecule has 2 atom stereocenters. The van der Waals surface area contributed by atoms with Gasteiger partial charge in [-0.2, -0.15) is 0 Å². The fourth-order valence-electron chi connectivity index (χ4n) is 9.67. The lowest BCUT2D eigenvalue weighted by Gasteiger charge is -2.36. The standard InChI is InChI=1S/C58H52ClN3O7/c1-38-27-29-40(30-28-38)58(39-15-3-2-4-16-39,52-25-13-14-26-53(52)59)69-55(64)33-34-60-54(63)32-31-41(62-57(66)68-37-51-48-23-11-7-19-44(48)45-20-8-12-24-49(45)51)35-61-56(65)67-36-50-46-21-9-5-17-42(46)43-18-6-10-22-47(43)50/h2-30,41,50-51H,31-37H2,1H3,(H,60,63)(H,61,65)(H,62,66). The molecule has 0 heterocycles. The Morgan fingerprint density at radius 1 is 0.551 bits per heavy atom. The Balaban J connectivity index is 0.840. The summed E-state index contributed by atoms with van der Waals surface area (Å²) in [6.45, 7) is 2.14. The highest BCUT2D eigenvalue weighted by Gasteiger charge is 2.42. The minimum atomic E-state index is -1.38. The first-order valence-electron chi connectivity index (χ1n) is 23.3. The number of carbonyl (C=O) groups is 4. The summed E-state index contributed by atoms with van der Waals surface area (Å²) < 4.78 is 18.1. The van der Waals surface area contributed by atoms with Crippen molar-refractivity contribution in [3.05, 3.63) is 225 Å². The number of hydrogen-bond donors (Lipinski definition) is 3. The SMILES string of the molecule is Cc1ccc(C(OC(=O)CCNC(=O)CCC(CNC(=O)OCC2c3ccccc3-c3ccccc32)NC(=O)OCC2c3ccccc3-c3ccccc32)(c2ccccc2)c2ccccc2Cl)cc1. The van der Waals surface area contributed by atoms with Gasteiger partial charge < -0.3 is 30.2 Å². The number of rotatable bonds is 17. The largest absolute Gasteiger partial charge is 0.449 e. The third kappa shape index (κ3) is 10.1. The van der Waals surface area contributed by atoms with Crippen LogP contribution < -0.4 is 16.0 Å². The van der Waals surface area contributed by atoms with Gasteiger partial charge in [0.15, 0.2) is 5.60 Å². The minimum absolute atomic E-state index is 0.0125. The van der Waals surface area contributed by atoms with E-state index in [9.17, 15) is 19.2 Å². The molecule has 3 N–H and O–H groups in total. The Labute approximate surface area is 407 Å². The lowest BCUT2D eigenvalue weighted by Crippen LogP contribution is -2.45. The van der Waals surface area contributed by atoms with Gasteiger partial charge in [0.25, 0.3) is 0 Å². The quantitative estimate of drug-likeness (QED) is 0.0471. The number of amides is 3. The first-order valence-corrected chi connectivity index (χ1v) is 23.6. The van der Waals surface area contributed by atoms with Crippen molar-refractivity contribution < 1.29 is 33.4 Å². The number of aryl methyl sites for hydroxylation is 1. The molecule has 0 saturated heterocycles. The van der Waals surface area contributed by atoms with Gasteiger partial charge in [-0.3, -0.25) is 9.59 Å². The Morgan fingerprint density at radius 3 is 1.58 bits per heavy atom. The van der Waals surface area contributed by atoms with Crippen LogP contribution in [0.1, 0.15) is 75.6 Å². The van der Waals surface area contributed by atoms with Crippen molar-refractivity contribution in [1.29, 1.82) is 0 Å². The van der Waals surface area contributed by atoms with Gasteiger partial charge in [0.2, 0.25) is 5.91 Å². The second kappa shape index (κ2) is 21.1. The Bertz CT molecular complexity index is 2890. The Morgan fingerprint density at radius 2 is 1.03 bits per heavy atom.